The Morgan fingerprint density at radius 1 is 1.20 bits per heavy atom. The molecule has 4 rings (SSSR count). The molecule has 1 saturated heterocycles. The van der Waals surface area contributed by atoms with Crippen molar-refractivity contribution in [2.45, 2.75) is 18.3 Å². The third-order valence-electron chi connectivity index (χ3n) is 4.95. The van der Waals surface area contributed by atoms with Gasteiger partial charge >= 0.3 is 0 Å². The van der Waals surface area contributed by atoms with Crippen LogP contribution in [0.25, 0.3) is 11.2 Å². The van der Waals surface area contributed by atoms with Gasteiger partial charge in [-0.3, -0.25) is 0 Å². The molecule has 1 aliphatic rings. The number of para-hydroxylation sites is 1. The molecule has 7 heteroatoms. The smallest absolute Gasteiger partial charge is 0.182 e. The number of ether oxygens (including phenoxy) is 2. The summed E-state index contributed by atoms with van der Waals surface area (Å²) in [7, 11) is 1.72. The van der Waals surface area contributed by atoms with Crippen LogP contribution in [0.1, 0.15) is 18.4 Å². The first-order chi connectivity index (χ1) is 12.3. The van der Waals surface area contributed by atoms with Crippen LogP contribution in [-0.4, -0.2) is 46.8 Å². The molecular weight excluding hydrogens is 318 g/mol. The first kappa shape index (κ1) is 15.8. The van der Waals surface area contributed by atoms with E-state index in [-0.39, 0.29) is 5.41 Å². The molecule has 3 aromatic rings. The second kappa shape index (κ2) is 6.68. The van der Waals surface area contributed by atoms with E-state index >= 15 is 0 Å². The third kappa shape index (κ3) is 2.91. The van der Waals surface area contributed by atoms with Gasteiger partial charge in [0, 0.05) is 30.7 Å². The highest BCUT2D eigenvalue weighted by molar-refractivity contribution is 5.81. The molecule has 0 saturated carbocycles. The van der Waals surface area contributed by atoms with E-state index in [0.29, 0.717) is 5.65 Å². The van der Waals surface area contributed by atoms with Crippen molar-refractivity contribution in [3.8, 4) is 5.75 Å². The summed E-state index contributed by atoms with van der Waals surface area (Å²) in [5.74, 6) is 1.68. The van der Waals surface area contributed by atoms with Gasteiger partial charge in [-0.15, -0.1) is 0 Å². The zero-order chi connectivity index (χ0) is 17.1. The predicted octanol–water partition coefficient (Wildman–Crippen LogP) is 2.52. The summed E-state index contributed by atoms with van der Waals surface area (Å²) in [6.07, 6.45) is 5.02. The predicted molar refractivity (Wildman–Crippen MR) is 94.9 cm³/mol. The van der Waals surface area contributed by atoms with Gasteiger partial charge in [0.2, 0.25) is 0 Å². The van der Waals surface area contributed by atoms with E-state index in [1.165, 1.54) is 11.9 Å². The fraction of sp³-hybridized carbons (Fsp3) is 0.389. The number of fused-ring (bicyclic) bond motifs is 1. The zero-order valence-electron chi connectivity index (χ0n) is 14.2. The number of anilines is 1. The van der Waals surface area contributed by atoms with Crippen molar-refractivity contribution in [2.75, 3.05) is 32.2 Å². The molecule has 3 heterocycles. The Balaban J connectivity index is 1.67. The molecule has 0 bridgehead atoms. The number of H-pyrrole nitrogens is 1. The van der Waals surface area contributed by atoms with Gasteiger partial charge in [-0.1, -0.05) is 18.2 Å². The third-order valence-corrected chi connectivity index (χ3v) is 4.95. The van der Waals surface area contributed by atoms with E-state index < -0.39 is 0 Å². The maximum absolute atomic E-state index is 5.62. The van der Waals surface area contributed by atoms with Gasteiger partial charge in [0.1, 0.15) is 17.6 Å². The van der Waals surface area contributed by atoms with E-state index in [1.54, 1.807) is 13.4 Å². The van der Waals surface area contributed by atoms with Crippen molar-refractivity contribution in [1.82, 2.24) is 19.9 Å². The number of methoxy groups -OCH3 is 1. The maximum Gasteiger partial charge on any atom is 0.182 e. The fourth-order valence-electron chi connectivity index (χ4n) is 3.54. The van der Waals surface area contributed by atoms with E-state index in [9.17, 15) is 0 Å². The highest BCUT2D eigenvalue weighted by Crippen LogP contribution is 2.40. The molecule has 0 aliphatic carbocycles. The molecule has 0 radical (unpaired) electrons. The second-order valence-corrected chi connectivity index (χ2v) is 6.27. The summed E-state index contributed by atoms with van der Waals surface area (Å²) in [5, 5.41) is 3.50. The molecule has 130 valence electrons. The number of aromatic nitrogens is 4. The summed E-state index contributed by atoms with van der Waals surface area (Å²) in [4.78, 5) is 15.8. The lowest BCUT2D eigenvalue weighted by molar-refractivity contribution is 0.0535. The summed E-state index contributed by atoms with van der Waals surface area (Å²) in [5.41, 5.74) is 2.63. The summed E-state index contributed by atoms with van der Waals surface area (Å²) in [6.45, 7) is 2.22. The number of hydrogen-bond acceptors (Lipinski definition) is 6. The van der Waals surface area contributed by atoms with Crippen molar-refractivity contribution in [3.63, 3.8) is 0 Å². The number of imidazole rings is 1. The Hall–Kier alpha value is -2.67. The number of nitrogens with zero attached hydrogens (tertiary/aromatic N) is 3. The lowest BCUT2D eigenvalue weighted by Gasteiger charge is -2.38. The topological polar surface area (TPSA) is 85.0 Å². The molecule has 2 aromatic heterocycles. The van der Waals surface area contributed by atoms with Crippen LogP contribution in [0.5, 0.6) is 5.75 Å². The van der Waals surface area contributed by atoms with Crippen LogP contribution >= 0.6 is 0 Å². The Kier molecular flexibility index (Phi) is 4.23. The Morgan fingerprint density at radius 3 is 2.88 bits per heavy atom. The maximum atomic E-state index is 5.62. The minimum absolute atomic E-state index is 0.0673. The summed E-state index contributed by atoms with van der Waals surface area (Å²) >= 11 is 0. The van der Waals surface area contributed by atoms with Crippen molar-refractivity contribution in [1.29, 1.82) is 0 Å². The van der Waals surface area contributed by atoms with Gasteiger partial charge in [-0.25, -0.2) is 15.0 Å². The lowest BCUT2D eigenvalue weighted by Crippen LogP contribution is -2.40. The van der Waals surface area contributed by atoms with Crippen LogP contribution < -0.4 is 10.1 Å². The molecule has 1 aromatic carbocycles. The van der Waals surface area contributed by atoms with Crippen molar-refractivity contribution >= 4 is 17.0 Å². The summed E-state index contributed by atoms with van der Waals surface area (Å²) in [6, 6.07) is 8.23. The minimum Gasteiger partial charge on any atom is -0.496 e. The van der Waals surface area contributed by atoms with Gasteiger partial charge in [0.15, 0.2) is 11.5 Å². The van der Waals surface area contributed by atoms with Gasteiger partial charge < -0.3 is 19.8 Å². The van der Waals surface area contributed by atoms with Crippen LogP contribution in [0.3, 0.4) is 0 Å². The van der Waals surface area contributed by atoms with Gasteiger partial charge in [-0.05, 0) is 18.9 Å². The van der Waals surface area contributed by atoms with Crippen molar-refractivity contribution < 1.29 is 9.47 Å². The molecule has 25 heavy (non-hydrogen) atoms. The van der Waals surface area contributed by atoms with Crippen LogP contribution in [0.4, 0.5) is 5.82 Å². The molecule has 0 unspecified atom stereocenters. The first-order valence-corrected chi connectivity index (χ1v) is 8.42. The number of rotatable bonds is 5. The SMILES string of the molecule is COc1ccccc1C1(CNc2ncnc3nc[nH]c23)CCOCC1. The first-order valence-electron chi connectivity index (χ1n) is 8.42. The largest absolute Gasteiger partial charge is 0.496 e. The van der Waals surface area contributed by atoms with E-state index in [1.807, 2.05) is 12.1 Å². The Labute approximate surface area is 145 Å². The number of benzene rings is 1. The number of hydrogen-bond donors (Lipinski definition) is 2. The Morgan fingerprint density at radius 2 is 2.04 bits per heavy atom. The lowest BCUT2D eigenvalue weighted by atomic mass is 9.73. The van der Waals surface area contributed by atoms with Crippen LogP contribution in [0.2, 0.25) is 0 Å². The molecule has 1 fully saturated rings. The van der Waals surface area contributed by atoms with Gasteiger partial charge in [0.25, 0.3) is 0 Å². The van der Waals surface area contributed by atoms with Gasteiger partial charge in [-0.2, -0.15) is 0 Å². The van der Waals surface area contributed by atoms with E-state index in [2.05, 4.69) is 37.4 Å². The standard InChI is InChI=1S/C18H21N5O2/c1-24-14-5-3-2-4-13(14)18(6-8-25-9-7-18)10-19-16-15-17(21-11-20-15)23-12-22-16/h2-5,11-12H,6-10H2,1H3,(H2,19,20,21,22,23). The van der Waals surface area contributed by atoms with Crippen LogP contribution in [-0.2, 0) is 10.2 Å². The number of nitrogens with one attached hydrogen (secondary N) is 2. The molecule has 0 spiro atoms. The highest BCUT2D eigenvalue weighted by Gasteiger charge is 2.36. The fourth-order valence-corrected chi connectivity index (χ4v) is 3.54. The molecule has 7 nitrogen and oxygen atoms in total. The highest BCUT2D eigenvalue weighted by atomic mass is 16.5. The molecular formula is C18H21N5O2. The molecule has 0 atom stereocenters. The zero-order valence-corrected chi connectivity index (χ0v) is 14.2. The quantitative estimate of drug-likeness (QED) is 0.743. The number of aromatic amines is 1. The Bertz CT molecular complexity index is 857. The average Bonchev–Trinajstić information content (AvgIpc) is 3.16. The van der Waals surface area contributed by atoms with Crippen molar-refractivity contribution in [2.24, 2.45) is 0 Å². The molecule has 2 N–H and O–H groups in total. The molecule has 1 aliphatic heterocycles. The van der Waals surface area contributed by atoms with E-state index in [4.69, 9.17) is 9.47 Å². The van der Waals surface area contributed by atoms with Crippen molar-refractivity contribution in [3.05, 3.63) is 42.5 Å². The van der Waals surface area contributed by atoms with Gasteiger partial charge in [0.05, 0.1) is 13.4 Å². The van der Waals surface area contributed by atoms with E-state index in [0.717, 1.165) is 49.7 Å². The minimum atomic E-state index is -0.0673. The monoisotopic (exact) mass is 339 g/mol. The normalized spacial score (nSPS) is 16.7. The molecule has 0 amide bonds. The van der Waals surface area contributed by atoms with Crippen LogP contribution in [0.15, 0.2) is 36.9 Å². The summed E-state index contributed by atoms with van der Waals surface area (Å²) < 4.78 is 11.2. The average molecular weight is 339 g/mol. The second-order valence-electron chi connectivity index (χ2n) is 6.27. The van der Waals surface area contributed by atoms with Crippen LogP contribution in [0, 0.1) is 0 Å².